The molecule has 3 rings (SSSR count). The Balaban J connectivity index is 1.36. The third kappa shape index (κ3) is 5.49. The molecule has 0 aliphatic heterocycles. The van der Waals surface area contributed by atoms with Crippen LogP contribution in [-0.4, -0.2) is 24.3 Å². The first kappa shape index (κ1) is 19.7. The number of amides is 1. The summed E-state index contributed by atoms with van der Waals surface area (Å²) in [4.78, 5) is 35.8. The van der Waals surface area contributed by atoms with Crippen LogP contribution in [0.2, 0.25) is 0 Å². The smallest absolute Gasteiger partial charge is 0.306 e. The fourth-order valence-electron chi connectivity index (χ4n) is 3.18. The molecule has 0 radical (unpaired) electrons. The molecule has 1 N–H and O–H groups in total. The Hall–Kier alpha value is -3.02. The molecule has 2 aromatic rings. The van der Waals surface area contributed by atoms with Crippen molar-refractivity contribution >= 4 is 17.7 Å². The largest absolute Gasteiger partial charge is 0.456 e. The number of ether oxygens (including phenoxy) is 1. The van der Waals surface area contributed by atoms with E-state index in [9.17, 15) is 18.8 Å². The van der Waals surface area contributed by atoms with Gasteiger partial charge in [0.2, 0.25) is 0 Å². The van der Waals surface area contributed by atoms with Crippen LogP contribution in [0.4, 0.5) is 4.39 Å². The molecular formula is C22H22FNO4. The number of benzene rings is 2. The van der Waals surface area contributed by atoms with Gasteiger partial charge in [-0.2, -0.15) is 0 Å². The predicted octanol–water partition coefficient (Wildman–Crippen LogP) is 3.14. The first-order valence-corrected chi connectivity index (χ1v) is 9.33. The van der Waals surface area contributed by atoms with Crippen LogP contribution >= 0.6 is 0 Å². The molecule has 0 aromatic heterocycles. The van der Waals surface area contributed by atoms with Crippen molar-refractivity contribution < 1.29 is 23.5 Å². The van der Waals surface area contributed by atoms with E-state index < -0.39 is 18.5 Å². The van der Waals surface area contributed by atoms with Crippen molar-refractivity contribution in [2.75, 3.05) is 6.61 Å². The minimum Gasteiger partial charge on any atom is -0.456 e. The lowest BCUT2D eigenvalue weighted by Gasteiger charge is -2.07. The molecule has 5 nitrogen and oxygen atoms in total. The molecule has 0 atom stereocenters. The number of ketones is 1. The van der Waals surface area contributed by atoms with E-state index in [1.165, 1.54) is 23.3 Å². The number of fused-ring (bicyclic) bond motifs is 1. The van der Waals surface area contributed by atoms with Crippen molar-refractivity contribution in [1.29, 1.82) is 0 Å². The molecular weight excluding hydrogens is 361 g/mol. The Bertz CT molecular complexity index is 877. The summed E-state index contributed by atoms with van der Waals surface area (Å²) in [6.45, 7) is -0.194. The fourth-order valence-corrected chi connectivity index (χ4v) is 3.18. The maximum Gasteiger partial charge on any atom is 0.306 e. The number of nitrogens with one attached hydrogen (secondary N) is 1. The van der Waals surface area contributed by atoms with Gasteiger partial charge in [-0.25, -0.2) is 4.39 Å². The molecule has 1 aliphatic carbocycles. The molecule has 146 valence electrons. The lowest BCUT2D eigenvalue weighted by Crippen LogP contribution is -2.28. The van der Waals surface area contributed by atoms with E-state index in [-0.39, 0.29) is 31.0 Å². The molecule has 1 amide bonds. The van der Waals surface area contributed by atoms with Crippen molar-refractivity contribution in [2.24, 2.45) is 0 Å². The number of hydrogen-bond acceptors (Lipinski definition) is 4. The van der Waals surface area contributed by atoms with E-state index in [2.05, 4.69) is 5.32 Å². The highest BCUT2D eigenvalue weighted by atomic mass is 19.1. The Morgan fingerprint density at radius 2 is 1.71 bits per heavy atom. The highest BCUT2D eigenvalue weighted by Gasteiger charge is 2.15. The first-order chi connectivity index (χ1) is 13.5. The van der Waals surface area contributed by atoms with Crippen LogP contribution < -0.4 is 5.32 Å². The molecule has 0 bridgehead atoms. The van der Waals surface area contributed by atoms with E-state index in [0.29, 0.717) is 5.56 Å². The summed E-state index contributed by atoms with van der Waals surface area (Å²) in [5.41, 5.74) is 3.86. The molecule has 6 heteroatoms. The summed E-state index contributed by atoms with van der Waals surface area (Å²) in [7, 11) is 0. The van der Waals surface area contributed by atoms with Gasteiger partial charge < -0.3 is 10.1 Å². The zero-order valence-electron chi connectivity index (χ0n) is 15.5. The quantitative estimate of drug-likeness (QED) is 0.562. The lowest BCUT2D eigenvalue weighted by atomic mass is 10.0. The van der Waals surface area contributed by atoms with Crippen LogP contribution in [0.1, 0.15) is 46.3 Å². The summed E-state index contributed by atoms with van der Waals surface area (Å²) in [5.74, 6) is -1.50. The van der Waals surface area contributed by atoms with Gasteiger partial charge in [-0.1, -0.05) is 24.3 Å². The van der Waals surface area contributed by atoms with E-state index in [1.54, 1.807) is 18.2 Å². The van der Waals surface area contributed by atoms with Crippen LogP contribution in [-0.2, 0) is 33.7 Å². The molecule has 0 saturated carbocycles. The minimum absolute atomic E-state index is 0.0504. The predicted molar refractivity (Wildman–Crippen MR) is 101 cm³/mol. The van der Waals surface area contributed by atoms with Gasteiger partial charge in [0.25, 0.3) is 5.91 Å². The maximum absolute atomic E-state index is 12.8. The topological polar surface area (TPSA) is 72.5 Å². The number of aryl methyl sites for hydroxylation is 2. The van der Waals surface area contributed by atoms with E-state index in [1.807, 2.05) is 12.1 Å². The monoisotopic (exact) mass is 383 g/mol. The van der Waals surface area contributed by atoms with Gasteiger partial charge in [0.15, 0.2) is 12.4 Å². The van der Waals surface area contributed by atoms with Gasteiger partial charge >= 0.3 is 5.97 Å². The number of carbonyl (C=O) groups is 3. The summed E-state index contributed by atoms with van der Waals surface area (Å²) in [6, 6.07) is 11.4. The molecule has 0 heterocycles. The molecule has 1 aliphatic rings. The number of rotatable bonds is 8. The fraction of sp³-hybridized carbons (Fsp3) is 0.318. The Morgan fingerprint density at radius 1 is 0.964 bits per heavy atom. The zero-order valence-corrected chi connectivity index (χ0v) is 15.5. The van der Waals surface area contributed by atoms with Crippen LogP contribution in [0.15, 0.2) is 42.5 Å². The lowest BCUT2D eigenvalue weighted by molar-refractivity contribution is -0.148. The van der Waals surface area contributed by atoms with Gasteiger partial charge in [-0.3, -0.25) is 14.4 Å². The highest BCUT2D eigenvalue weighted by Crippen LogP contribution is 2.23. The summed E-state index contributed by atoms with van der Waals surface area (Å²) in [6.07, 6.45) is 3.14. The van der Waals surface area contributed by atoms with Crippen LogP contribution in [0.3, 0.4) is 0 Å². The third-order valence-corrected chi connectivity index (χ3v) is 4.74. The number of esters is 1. The van der Waals surface area contributed by atoms with Gasteiger partial charge in [0.1, 0.15) is 5.82 Å². The molecule has 0 unspecified atom stereocenters. The van der Waals surface area contributed by atoms with Crippen molar-refractivity contribution in [3.8, 4) is 0 Å². The van der Waals surface area contributed by atoms with Gasteiger partial charge in [0, 0.05) is 18.5 Å². The van der Waals surface area contributed by atoms with Crippen molar-refractivity contribution in [2.45, 2.75) is 38.6 Å². The molecule has 0 spiro atoms. The molecule has 0 fully saturated rings. The number of carbonyl (C=O) groups excluding carboxylic acids is 3. The second kappa shape index (κ2) is 9.26. The van der Waals surface area contributed by atoms with Crippen molar-refractivity contribution in [3.63, 3.8) is 0 Å². The molecule has 2 aromatic carbocycles. The Morgan fingerprint density at radius 3 is 2.50 bits per heavy atom. The molecule has 28 heavy (non-hydrogen) atoms. The minimum atomic E-state index is -0.591. The summed E-state index contributed by atoms with van der Waals surface area (Å²) in [5, 5.41) is 2.58. The number of Topliss-reactive ketones (excluding diaryl/α,β-unsaturated/α-hetero) is 1. The van der Waals surface area contributed by atoms with Crippen molar-refractivity contribution in [1.82, 2.24) is 5.32 Å². The SMILES string of the molecule is O=C(COC(=O)CCC(=O)c1ccc2c(c1)CCC2)NCc1ccc(F)cc1. The van der Waals surface area contributed by atoms with Gasteiger partial charge in [0.05, 0.1) is 6.42 Å². The average Bonchev–Trinajstić information content (AvgIpc) is 3.17. The Kier molecular flexibility index (Phi) is 6.53. The van der Waals surface area contributed by atoms with Crippen LogP contribution in [0.5, 0.6) is 0 Å². The first-order valence-electron chi connectivity index (χ1n) is 9.33. The van der Waals surface area contributed by atoms with Gasteiger partial charge in [-0.05, 0) is 54.2 Å². The number of hydrogen-bond donors (Lipinski definition) is 1. The van der Waals surface area contributed by atoms with E-state index in [4.69, 9.17) is 4.74 Å². The summed E-state index contributed by atoms with van der Waals surface area (Å²) >= 11 is 0. The maximum atomic E-state index is 12.8. The zero-order chi connectivity index (χ0) is 19.9. The normalized spacial score (nSPS) is 12.3. The van der Waals surface area contributed by atoms with Crippen molar-refractivity contribution in [3.05, 3.63) is 70.5 Å². The third-order valence-electron chi connectivity index (χ3n) is 4.74. The van der Waals surface area contributed by atoms with Crippen LogP contribution in [0, 0.1) is 5.82 Å². The van der Waals surface area contributed by atoms with Crippen LogP contribution in [0.25, 0.3) is 0 Å². The number of halogens is 1. The van der Waals surface area contributed by atoms with E-state index in [0.717, 1.165) is 24.8 Å². The standard InChI is InChI=1S/C22H22FNO4/c23-19-8-4-15(5-9-19)13-24-21(26)14-28-22(27)11-10-20(25)18-7-6-16-2-1-3-17(16)12-18/h4-9,12H,1-3,10-11,13-14H2,(H,24,26). The second-order valence-corrected chi connectivity index (χ2v) is 6.82. The summed E-state index contributed by atoms with van der Waals surface area (Å²) < 4.78 is 17.7. The van der Waals surface area contributed by atoms with Gasteiger partial charge in [-0.15, -0.1) is 0 Å². The molecule has 0 saturated heterocycles. The highest BCUT2D eigenvalue weighted by molar-refractivity contribution is 5.98. The Labute approximate surface area is 162 Å². The average molecular weight is 383 g/mol. The van der Waals surface area contributed by atoms with E-state index >= 15 is 0 Å². The second-order valence-electron chi connectivity index (χ2n) is 6.82.